The van der Waals surface area contributed by atoms with Crippen LogP contribution in [0.5, 0.6) is 0 Å². The molecule has 0 saturated carbocycles. The number of carbonyl (C=O) groups excluding carboxylic acids is 3. The second kappa shape index (κ2) is 12.5. The van der Waals surface area contributed by atoms with E-state index < -0.39 is 17.9 Å². The molecule has 0 spiro atoms. The standard InChI is InChI=1S/C22H29BrN4O4S.ClH/c1-13(2)18(24)20(30)31-12-27-8-9-32-21(27)26-19(29)14-6-7-16(15(23)10-14)25-17(28)11-22(3,4)5;/h6-10,13,18H,11-12,24H2,1-5H3,(H,25,28);1H. The summed E-state index contributed by atoms with van der Waals surface area (Å²) in [5, 5.41) is 4.59. The van der Waals surface area contributed by atoms with Crippen LogP contribution in [0.3, 0.4) is 0 Å². The smallest absolute Gasteiger partial charge is 0.324 e. The molecule has 0 aliphatic carbocycles. The highest BCUT2D eigenvalue weighted by Gasteiger charge is 2.19. The number of ether oxygens (including phenoxy) is 1. The van der Waals surface area contributed by atoms with E-state index in [-0.39, 0.29) is 36.4 Å². The summed E-state index contributed by atoms with van der Waals surface area (Å²) in [6.07, 6.45) is 2.05. The van der Waals surface area contributed by atoms with Crippen LogP contribution in [0.1, 0.15) is 51.4 Å². The number of amides is 2. The van der Waals surface area contributed by atoms with E-state index in [2.05, 4.69) is 26.2 Å². The first-order valence-electron chi connectivity index (χ1n) is 10.1. The summed E-state index contributed by atoms with van der Waals surface area (Å²) in [4.78, 5) is 41.3. The Bertz CT molecular complexity index is 1060. The molecule has 33 heavy (non-hydrogen) atoms. The lowest BCUT2D eigenvalue weighted by Crippen LogP contribution is -2.37. The molecule has 8 nitrogen and oxygen atoms in total. The van der Waals surface area contributed by atoms with Gasteiger partial charge >= 0.3 is 5.97 Å². The van der Waals surface area contributed by atoms with Crippen LogP contribution in [0.4, 0.5) is 5.69 Å². The van der Waals surface area contributed by atoms with Gasteiger partial charge in [0, 0.05) is 28.0 Å². The molecule has 0 aliphatic heterocycles. The summed E-state index contributed by atoms with van der Waals surface area (Å²) in [5.41, 5.74) is 6.59. The molecular weight excluding hydrogens is 532 g/mol. The average molecular weight is 562 g/mol. The third kappa shape index (κ3) is 9.04. The van der Waals surface area contributed by atoms with Crippen LogP contribution in [-0.4, -0.2) is 28.4 Å². The Balaban J connectivity index is 0.00000544. The van der Waals surface area contributed by atoms with E-state index in [1.165, 1.54) is 11.3 Å². The summed E-state index contributed by atoms with van der Waals surface area (Å²) in [6.45, 7) is 9.55. The van der Waals surface area contributed by atoms with Crippen molar-refractivity contribution in [3.63, 3.8) is 0 Å². The monoisotopic (exact) mass is 560 g/mol. The number of anilines is 1. The molecule has 0 saturated heterocycles. The zero-order chi connectivity index (χ0) is 24.1. The van der Waals surface area contributed by atoms with Crippen molar-refractivity contribution in [1.82, 2.24) is 4.57 Å². The van der Waals surface area contributed by atoms with E-state index in [4.69, 9.17) is 10.5 Å². The lowest BCUT2D eigenvalue weighted by molar-refractivity contribution is -0.150. The van der Waals surface area contributed by atoms with Crippen molar-refractivity contribution in [2.45, 2.75) is 53.8 Å². The molecular formula is C22H30BrClN4O4S. The highest BCUT2D eigenvalue weighted by molar-refractivity contribution is 9.10. The molecule has 0 aliphatic rings. The summed E-state index contributed by atoms with van der Waals surface area (Å²) in [6, 6.07) is 4.16. The van der Waals surface area contributed by atoms with Gasteiger partial charge in [0.05, 0.1) is 5.69 Å². The molecule has 3 N–H and O–H groups in total. The SMILES string of the molecule is CC(C)C(N)C(=O)OCn1ccsc1=NC(=O)c1ccc(NC(=O)CC(C)(C)C)c(Br)c1.Cl. The Morgan fingerprint density at radius 1 is 1.27 bits per heavy atom. The van der Waals surface area contributed by atoms with Crippen molar-refractivity contribution in [2.75, 3.05) is 5.32 Å². The van der Waals surface area contributed by atoms with Gasteiger partial charge in [0.15, 0.2) is 11.5 Å². The molecule has 1 heterocycles. The third-order valence-electron chi connectivity index (χ3n) is 4.37. The zero-order valence-electron chi connectivity index (χ0n) is 19.3. The number of nitrogens with two attached hydrogens (primary N) is 1. The molecule has 2 aromatic rings. The van der Waals surface area contributed by atoms with Crippen molar-refractivity contribution in [1.29, 1.82) is 0 Å². The molecule has 0 radical (unpaired) electrons. The molecule has 1 aromatic heterocycles. The van der Waals surface area contributed by atoms with Crippen LogP contribution in [0, 0.1) is 11.3 Å². The van der Waals surface area contributed by atoms with Gasteiger partial charge in [-0.25, -0.2) is 0 Å². The molecule has 1 atom stereocenters. The Labute approximate surface area is 212 Å². The highest BCUT2D eigenvalue weighted by atomic mass is 79.9. The summed E-state index contributed by atoms with van der Waals surface area (Å²) < 4.78 is 7.37. The van der Waals surface area contributed by atoms with Crippen LogP contribution in [0.2, 0.25) is 0 Å². The largest absolute Gasteiger partial charge is 0.443 e. The minimum Gasteiger partial charge on any atom is -0.443 e. The van der Waals surface area contributed by atoms with Crippen molar-refractivity contribution in [2.24, 2.45) is 22.1 Å². The van der Waals surface area contributed by atoms with Crippen LogP contribution >= 0.6 is 39.7 Å². The van der Waals surface area contributed by atoms with Gasteiger partial charge in [0.1, 0.15) is 6.04 Å². The van der Waals surface area contributed by atoms with Crippen molar-refractivity contribution >= 4 is 63.1 Å². The van der Waals surface area contributed by atoms with Crippen LogP contribution in [0.15, 0.2) is 39.2 Å². The summed E-state index contributed by atoms with van der Waals surface area (Å²) in [5.74, 6) is -1.11. The van der Waals surface area contributed by atoms with E-state index in [0.717, 1.165) is 0 Å². The minimum absolute atomic E-state index is 0. The summed E-state index contributed by atoms with van der Waals surface area (Å²) >= 11 is 4.65. The Kier molecular flexibility index (Phi) is 11.0. The van der Waals surface area contributed by atoms with E-state index in [9.17, 15) is 14.4 Å². The topological polar surface area (TPSA) is 116 Å². The Morgan fingerprint density at radius 2 is 1.94 bits per heavy atom. The molecule has 1 unspecified atom stereocenters. The van der Waals surface area contributed by atoms with Crippen LogP contribution < -0.4 is 15.9 Å². The number of rotatable bonds is 7. The van der Waals surface area contributed by atoms with Gasteiger partial charge in [-0.2, -0.15) is 4.99 Å². The average Bonchev–Trinajstić information content (AvgIpc) is 3.12. The third-order valence-corrected chi connectivity index (χ3v) is 5.82. The Hall–Kier alpha value is -2.01. The molecule has 0 bridgehead atoms. The molecule has 0 fully saturated rings. The zero-order valence-corrected chi connectivity index (χ0v) is 22.5. The predicted molar refractivity (Wildman–Crippen MR) is 135 cm³/mol. The quantitative estimate of drug-likeness (QED) is 0.488. The lowest BCUT2D eigenvalue weighted by atomic mass is 9.92. The number of halogens is 2. The highest BCUT2D eigenvalue weighted by Crippen LogP contribution is 2.26. The number of hydrogen-bond acceptors (Lipinski definition) is 6. The lowest BCUT2D eigenvalue weighted by Gasteiger charge is -2.17. The van der Waals surface area contributed by atoms with Crippen LogP contribution in [0.25, 0.3) is 0 Å². The molecule has 2 amide bonds. The van der Waals surface area contributed by atoms with Crippen molar-refractivity contribution in [3.05, 3.63) is 44.6 Å². The van der Waals surface area contributed by atoms with E-state index in [1.54, 1.807) is 34.3 Å². The van der Waals surface area contributed by atoms with Gasteiger partial charge in [0.2, 0.25) is 5.91 Å². The van der Waals surface area contributed by atoms with Crippen molar-refractivity contribution in [3.8, 4) is 0 Å². The van der Waals surface area contributed by atoms with Gasteiger partial charge in [0.25, 0.3) is 5.91 Å². The maximum absolute atomic E-state index is 12.7. The fraction of sp³-hybridized carbons (Fsp3) is 0.455. The van der Waals surface area contributed by atoms with Gasteiger partial charge in [-0.05, 0) is 45.5 Å². The summed E-state index contributed by atoms with van der Waals surface area (Å²) in [7, 11) is 0. The number of carbonyl (C=O) groups is 3. The van der Waals surface area contributed by atoms with Gasteiger partial charge < -0.3 is 15.8 Å². The van der Waals surface area contributed by atoms with Crippen LogP contribution in [-0.2, 0) is 21.1 Å². The fourth-order valence-electron chi connectivity index (χ4n) is 2.56. The number of nitrogens with zero attached hydrogens (tertiary/aromatic N) is 2. The minimum atomic E-state index is -0.712. The Morgan fingerprint density at radius 3 is 2.52 bits per heavy atom. The van der Waals surface area contributed by atoms with E-state index in [0.29, 0.717) is 26.9 Å². The second-order valence-electron chi connectivity index (χ2n) is 8.91. The van der Waals surface area contributed by atoms with Crippen molar-refractivity contribution < 1.29 is 19.1 Å². The number of benzene rings is 1. The number of hydrogen-bond donors (Lipinski definition) is 2. The molecule has 1 aromatic carbocycles. The number of thiazole rings is 1. The second-order valence-corrected chi connectivity index (χ2v) is 10.6. The molecule has 11 heteroatoms. The van der Waals surface area contributed by atoms with Gasteiger partial charge in [-0.15, -0.1) is 23.7 Å². The number of esters is 1. The fourth-order valence-corrected chi connectivity index (χ4v) is 3.76. The normalized spacial score (nSPS) is 12.8. The molecule has 182 valence electrons. The first-order valence-corrected chi connectivity index (χ1v) is 11.8. The first kappa shape index (κ1) is 29.0. The first-order chi connectivity index (χ1) is 14.9. The van der Waals surface area contributed by atoms with E-state index in [1.807, 2.05) is 34.6 Å². The van der Waals surface area contributed by atoms with E-state index >= 15 is 0 Å². The number of aromatic nitrogens is 1. The maximum atomic E-state index is 12.7. The van der Waals surface area contributed by atoms with Gasteiger partial charge in [-0.3, -0.25) is 19.0 Å². The molecule has 2 rings (SSSR count). The number of nitrogens with one attached hydrogen (secondary N) is 1. The maximum Gasteiger partial charge on any atom is 0.324 e. The van der Waals surface area contributed by atoms with Gasteiger partial charge in [-0.1, -0.05) is 34.6 Å². The predicted octanol–water partition coefficient (Wildman–Crippen LogP) is 4.33.